The second-order valence-electron chi connectivity index (χ2n) is 2.72. The van der Waals surface area contributed by atoms with Crippen LogP contribution in [-0.4, -0.2) is 24.2 Å². The minimum Gasteiger partial charge on any atom is -0.377 e. The zero-order chi connectivity index (χ0) is 8.39. The van der Waals surface area contributed by atoms with Gasteiger partial charge in [0.05, 0.1) is 19.3 Å². The molecule has 0 atom stereocenters. The van der Waals surface area contributed by atoms with E-state index < -0.39 is 0 Å². The summed E-state index contributed by atoms with van der Waals surface area (Å²) in [5, 5.41) is 3.71. The molecule has 2 rings (SSSR count). The van der Waals surface area contributed by atoms with Crippen molar-refractivity contribution in [1.29, 1.82) is 0 Å². The van der Waals surface area contributed by atoms with E-state index in [1.54, 1.807) is 6.07 Å². The first-order valence-corrected chi connectivity index (χ1v) is 4.19. The summed E-state index contributed by atoms with van der Waals surface area (Å²) in [5.74, 6) is 0.816. The molecular weight excluding hydrogens is 176 g/mol. The van der Waals surface area contributed by atoms with Crippen molar-refractivity contribution in [3.8, 4) is 0 Å². The lowest BCUT2D eigenvalue weighted by Gasteiger charge is -2.27. The first-order chi connectivity index (χ1) is 5.84. The lowest BCUT2D eigenvalue weighted by molar-refractivity contribution is 0.0209. The third kappa shape index (κ3) is 1.68. The van der Waals surface area contributed by atoms with Crippen LogP contribution in [0.25, 0.3) is 0 Å². The molecule has 1 aliphatic rings. The Morgan fingerprint density at radius 2 is 2.33 bits per heavy atom. The third-order valence-electron chi connectivity index (χ3n) is 1.71. The van der Waals surface area contributed by atoms with E-state index in [1.165, 1.54) is 0 Å². The predicted molar refractivity (Wildman–Crippen MR) is 47.5 cm³/mol. The highest BCUT2D eigenvalue weighted by Crippen LogP contribution is 2.12. The maximum absolute atomic E-state index is 5.71. The molecule has 1 saturated heterocycles. The molecule has 1 aromatic rings. The zero-order valence-electron chi connectivity index (χ0n) is 6.46. The van der Waals surface area contributed by atoms with E-state index in [4.69, 9.17) is 16.3 Å². The normalized spacial score (nSPS) is 17.1. The van der Waals surface area contributed by atoms with Gasteiger partial charge in [-0.1, -0.05) is 17.7 Å². The summed E-state index contributed by atoms with van der Waals surface area (Å²) < 4.78 is 5.01. The Bertz CT molecular complexity index is 276. The average molecular weight is 185 g/mol. The van der Waals surface area contributed by atoms with Crippen molar-refractivity contribution < 1.29 is 4.74 Å². The number of ether oxygens (including phenoxy) is 1. The van der Waals surface area contributed by atoms with Crippen LogP contribution in [-0.2, 0) is 4.74 Å². The molecule has 1 aliphatic heterocycles. The van der Waals surface area contributed by atoms with Crippen LogP contribution >= 0.6 is 11.6 Å². The zero-order valence-corrected chi connectivity index (χ0v) is 7.21. The van der Waals surface area contributed by atoms with E-state index in [0.717, 1.165) is 19.0 Å². The van der Waals surface area contributed by atoms with Crippen LogP contribution in [0.2, 0.25) is 5.15 Å². The summed E-state index contributed by atoms with van der Waals surface area (Å²) in [7, 11) is 0. The number of aromatic nitrogens is 1. The lowest BCUT2D eigenvalue weighted by atomic mass is 10.2. The molecule has 4 heteroatoms. The van der Waals surface area contributed by atoms with E-state index in [1.807, 2.05) is 12.1 Å². The molecule has 0 aromatic carbocycles. The van der Waals surface area contributed by atoms with E-state index >= 15 is 0 Å². The molecule has 2 heterocycles. The lowest BCUT2D eigenvalue weighted by Crippen LogP contribution is -2.40. The van der Waals surface area contributed by atoms with Gasteiger partial charge in [-0.15, -0.1) is 0 Å². The minimum atomic E-state index is 0.399. The molecule has 0 radical (unpaired) electrons. The minimum absolute atomic E-state index is 0.399. The first kappa shape index (κ1) is 7.83. The monoisotopic (exact) mass is 184 g/mol. The van der Waals surface area contributed by atoms with Crippen LogP contribution in [0.1, 0.15) is 0 Å². The number of hydrogen-bond donors (Lipinski definition) is 1. The van der Waals surface area contributed by atoms with Crippen LogP contribution in [0.4, 0.5) is 5.82 Å². The first-order valence-electron chi connectivity index (χ1n) is 3.81. The van der Waals surface area contributed by atoms with Gasteiger partial charge in [-0.2, -0.15) is 0 Å². The molecule has 64 valence electrons. The number of nitrogens with one attached hydrogen (secondary N) is 1. The number of nitrogens with zero attached hydrogens (tertiary/aromatic N) is 1. The number of pyridine rings is 1. The van der Waals surface area contributed by atoms with Gasteiger partial charge in [0.15, 0.2) is 0 Å². The largest absolute Gasteiger partial charge is 0.377 e. The van der Waals surface area contributed by atoms with Crippen molar-refractivity contribution in [2.24, 2.45) is 0 Å². The van der Waals surface area contributed by atoms with Crippen molar-refractivity contribution in [1.82, 2.24) is 4.98 Å². The van der Waals surface area contributed by atoms with Gasteiger partial charge in [-0.25, -0.2) is 4.98 Å². The van der Waals surface area contributed by atoms with Gasteiger partial charge in [-0.05, 0) is 12.1 Å². The van der Waals surface area contributed by atoms with Crippen molar-refractivity contribution in [3.63, 3.8) is 0 Å². The molecule has 0 unspecified atom stereocenters. The van der Waals surface area contributed by atoms with Crippen LogP contribution in [0.15, 0.2) is 18.2 Å². The Labute approximate surface area is 75.7 Å². The Balaban J connectivity index is 2.02. The van der Waals surface area contributed by atoms with E-state index in [0.29, 0.717) is 11.2 Å². The van der Waals surface area contributed by atoms with Gasteiger partial charge in [0, 0.05) is 0 Å². The molecule has 0 saturated carbocycles. The van der Waals surface area contributed by atoms with Gasteiger partial charge in [0.2, 0.25) is 0 Å². The van der Waals surface area contributed by atoms with Crippen molar-refractivity contribution in [2.45, 2.75) is 6.04 Å². The van der Waals surface area contributed by atoms with Crippen LogP contribution < -0.4 is 5.32 Å². The van der Waals surface area contributed by atoms with Crippen molar-refractivity contribution in [3.05, 3.63) is 23.4 Å². The van der Waals surface area contributed by atoms with Gasteiger partial charge < -0.3 is 10.1 Å². The Morgan fingerprint density at radius 3 is 2.92 bits per heavy atom. The van der Waals surface area contributed by atoms with Crippen LogP contribution in [0.3, 0.4) is 0 Å². The molecule has 1 fully saturated rings. The fourth-order valence-electron chi connectivity index (χ4n) is 1.02. The maximum Gasteiger partial charge on any atom is 0.131 e. The molecule has 3 nitrogen and oxygen atoms in total. The molecule has 1 N–H and O–H groups in total. The maximum atomic E-state index is 5.71. The predicted octanol–water partition coefficient (Wildman–Crippen LogP) is 1.55. The van der Waals surface area contributed by atoms with Gasteiger partial charge in [-0.3, -0.25) is 0 Å². The van der Waals surface area contributed by atoms with Crippen LogP contribution in [0.5, 0.6) is 0 Å². The van der Waals surface area contributed by atoms with Gasteiger partial charge >= 0.3 is 0 Å². The number of halogens is 1. The molecule has 0 amide bonds. The highest BCUT2D eigenvalue weighted by atomic mass is 35.5. The summed E-state index contributed by atoms with van der Waals surface area (Å²) in [6, 6.07) is 5.92. The second-order valence-corrected chi connectivity index (χ2v) is 3.11. The summed E-state index contributed by atoms with van der Waals surface area (Å²) >= 11 is 5.71. The number of rotatable bonds is 2. The number of anilines is 1. The van der Waals surface area contributed by atoms with E-state index in [2.05, 4.69) is 10.3 Å². The van der Waals surface area contributed by atoms with E-state index in [9.17, 15) is 0 Å². The topological polar surface area (TPSA) is 34.1 Å². The van der Waals surface area contributed by atoms with Crippen LogP contribution in [0, 0.1) is 0 Å². The Kier molecular flexibility index (Phi) is 2.15. The summed E-state index contributed by atoms with van der Waals surface area (Å²) in [5.41, 5.74) is 0. The Hall–Kier alpha value is -0.800. The standard InChI is InChI=1S/C8H9ClN2O/c9-7-2-1-3-8(11-7)10-6-4-12-5-6/h1-3,6H,4-5H2,(H,10,11). The van der Waals surface area contributed by atoms with Gasteiger partial charge in [0.1, 0.15) is 11.0 Å². The summed E-state index contributed by atoms with van der Waals surface area (Å²) in [4.78, 5) is 4.09. The van der Waals surface area contributed by atoms with Crippen molar-refractivity contribution in [2.75, 3.05) is 18.5 Å². The molecule has 12 heavy (non-hydrogen) atoms. The highest BCUT2D eigenvalue weighted by molar-refractivity contribution is 6.29. The summed E-state index contributed by atoms with van der Waals surface area (Å²) in [6.45, 7) is 1.52. The molecule has 0 spiro atoms. The third-order valence-corrected chi connectivity index (χ3v) is 1.92. The SMILES string of the molecule is Clc1cccc(NC2COC2)n1. The summed E-state index contributed by atoms with van der Waals surface area (Å²) in [6.07, 6.45) is 0. The molecule has 0 bridgehead atoms. The molecule has 0 aliphatic carbocycles. The van der Waals surface area contributed by atoms with Crippen molar-refractivity contribution >= 4 is 17.4 Å². The van der Waals surface area contributed by atoms with E-state index in [-0.39, 0.29) is 0 Å². The quantitative estimate of drug-likeness (QED) is 0.709. The molecular formula is C8H9ClN2O. The fourth-order valence-corrected chi connectivity index (χ4v) is 1.18. The second kappa shape index (κ2) is 3.29. The smallest absolute Gasteiger partial charge is 0.131 e. The molecule has 1 aromatic heterocycles. The number of hydrogen-bond acceptors (Lipinski definition) is 3. The average Bonchev–Trinajstić information content (AvgIpc) is 1.97. The van der Waals surface area contributed by atoms with Gasteiger partial charge in [0.25, 0.3) is 0 Å². The Morgan fingerprint density at radius 1 is 1.50 bits per heavy atom. The fraction of sp³-hybridized carbons (Fsp3) is 0.375. The highest BCUT2D eigenvalue weighted by Gasteiger charge is 2.17.